The Morgan fingerprint density at radius 2 is 2.44 bits per heavy atom. The van der Waals surface area contributed by atoms with Gasteiger partial charge in [-0.05, 0) is 19.1 Å². The molecule has 0 aromatic heterocycles. The second-order valence-electron chi connectivity index (χ2n) is 4.21. The summed E-state index contributed by atoms with van der Waals surface area (Å²) in [5.74, 6) is 0.0364. The van der Waals surface area contributed by atoms with E-state index in [1.165, 1.54) is 12.1 Å². The van der Waals surface area contributed by atoms with Crippen LogP contribution in [-0.2, 0) is 17.8 Å². The third-order valence-electron chi connectivity index (χ3n) is 2.89. The first-order valence-electron chi connectivity index (χ1n) is 5.56. The van der Waals surface area contributed by atoms with Gasteiger partial charge in [0.05, 0.1) is 6.61 Å². The number of benzene rings is 1. The molecule has 1 heterocycles. The van der Waals surface area contributed by atoms with E-state index < -0.39 is 24.1 Å². The van der Waals surface area contributed by atoms with Crippen LogP contribution in [0.15, 0.2) is 12.1 Å². The van der Waals surface area contributed by atoms with Gasteiger partial charge in [0, 0.05) is 17.5 Å². The third-order valence-corrected chi connectivity index (χ3v) is 2.89. The third kappa shape index (κ3) is 2.38. The summed E-state index contributed by atoms with van der Waals surface area (Å²) in [6, 6.07) is 2.58. The number of hydrogen-bond acceptors (Lipinski definition) is 4. The number of amides is 1. The summed E-state index contributed by atoms with van der Waals surface area (Å²) in [5.41, 5.74) is 5.97. The highest BCUT2D eigenvalue weighted by Gasteiger charge is 2.31. The zero-order valence-corrected chi connectivity index (χ0v) is 9.85. The van der Waals surface area contributed by atoms with Crippen LogP contribution in [0.1, 0.15) is 18.1 Å². The Balaban J connectivity index is 2.19. The Kier molecular flexibility index (Phi) is 3.38. The number of carbonyl (C=O) groups is 1. The zero-order chi connectivity index (χ0) is 13.3. The molecule has 1 aliphatic rings. The van der Waals surface area contributed by atoms with Crippen molar-refractivity contribution >= 4 is 6.09 Å². The standard InChI is InChI=1S/C12H14FNO4/c1-6(17-12(14)16)10-4-7-2-9(13)3-8(5-15)11(7)18-10/h2-3,6,10,15H,4-5H2,1H3,(H2,14,16)/t6-,10?/m1/s1. The minimum Gasteiger partial charge on any atom is -0.486 e. The summed E-state index contributed by atoms with van der Waals surface area (Å²) in [4.78, 5) is 10.7. The van der Waals surface area contributed by atoms with Crippen LogP contribution in [0.3, 0.4) is 0 Å². The van der Waals surface area contributed by atoms with Crippen LogP contribution in [0.4, 0.5) is 9.18 Å². The molecule has 0 radical (unpaired) electrons. The van der Waals surface area contributed by atoms with Gasteiger partial charge in [0.1, 0.15) is 23.8 Å². The number of aliphatic hydroxyl groups excluding tert-OH is 1. The largest absolute Gasteiger partial charge is 0.486 e. The first kappa shape index (κ1) is 12.6. The van der Waals surface area contributed by atoms with Crippen molar-refractivity contribution in [2.45, 2.75) is 32.2 Å². The molecular formula is C12H14FNO4. The summed E-state index contributed by atoms with van der Waals surface area (Å²) in [7, 11) is 0. The summed E-state index contributed by atoms with van der Waals surface area (Å²) in [5, 5.41) is 9.14. The maximum atomic E-state index is 13.3. The van der Waals surface area contributed by atoms with Gasteiger partial charge in [-0.2, -0.15) is 0 Å². The maximum absolute atomic E-state index is 13.3. The van der Waals surface area contributed by atoms with E-state index in [1.54, 1.807) is 6.92 Å². The van der Waals surface area contributed by atoms with Crippen molar-refractivity contribution in [3.8, 4) is 5.75 Å². The molecular weight excluding hydrogens is 241 g/mol. The fourth-order valence-corrected chi connectivity index (χ4v) is 2.06. The first-order chi connectivity index (χ1) is 8.51. The number of aliphatic hydroxyl groups is 1. The Bertz CT molecular complexity index is 477. The van der Waals surface area contributed by atoms with E-state index in [0.717, 1.165) is 0 Å². The van der Waals surface area contributed by atoms with Gasteiger partial charge in [-0.1, -0.05) is 0 Å². The molecule has 0 aliphatic carbocycles. The van der Waals surface area contributed by atoms with Crippen molar-refractivity contribution in [1.29, 1.82) is 0 Å². The van der Waals surface area contributed by atoms with E-state index in [2.05, 4.69) is 0 Å². The zero-order valence-electron chi connectivity index (χ0n) is 9.85. The van der Waals surface area contributed by atoms with Gasteiger partial charge in [0.15, 0.2) is 0 Å². The number of primary amides is 1. The van der Waals surface area contributed by atoms with Gasteiger partial charge in [-0.3, -0.25) is 0 Å². The second-order valence-corrected chi connectivity index (χ2v) is 4.21. The van der Waals surface area contributed by atoms with Crippen molar-refractivity contribution in [3.05, 3.63) is 29.1 Å². The van der Waals surface area contributed by atoms with Gasteiger partial charge >= 0.3 is 6.09 Å². The number of hydrogen-bond donors (Lipinski definition) is 2. The highest BCUT2D eigenvalue weighted by molar-refractivity contribution is 5.64. The smallest absolute Gasteiger partial charge is 0.404 e. The van der Waals surface area contributed by atoms with E-state index >= 15 is 0 Å². The van der Waals surface area contributed by atoms with Crippen LogP contribution >= 0.6 is 0 Å². The Labute approximate surface area is 103 Å². The van der Waals surface area contributed by atoms with E-state index in [1.807, 2.05) is 0 Å². The van der Waals surface area contributed by atoms with Crippen LogP contribution in [0.25, 0.3) is 0 Å². The maximum Gasteiger partial charge on any atom is 0.404 e. The van der Waals surface area contributed by atoms with Crippen LogP contribution in [0, 0.1) is 5.82 Å². The highest BCUT2D eigenvalue weighted by Crippen LogP contribution is 2.35. The Morgan fingerprint density at radius 1 is 1.72 bits per heavy atom. The molecule has 0 fully saturated rings. The average molecular weight is 255 g/mol. The molecule has 3 N–H and O–H groups in total. The van der Waals surface area contributed by atoms with Crippen LogP contribution in [-0.4, -0.2) is 23.4 Å². The second kappa shape index (κ2) is 4.81. The average Bonchev–Trinajstić information content (AvgIpc) is 2.70. The van der Waals surface area contributed by atoms with E-state index in [4.69, 9.17) is 20.3 Å². The van der Waals surface area contributed by atoms with Crippen LogP contribution < -0.4 is 10.5 Å². The van der Waals surface area contributed by atoms with Gasteiger partial charge in [0.25, 0.3) is 0 Å². The molecule has 0 spiro atoms. The molecule has 1 amide bonds. The molecule has 98 valence electrons. The molecule has 0 saturated carbocycles. The minimum atomic E-state index is -0.879. The summed E-state index contributed by atoms with van der Waals surface area (Å²) >= 11 is 0. The van der Waals surface area contributed by atoms with Crippen LogP contribution in [0.5, 0.6) is 5.75 Å². The number of halogens is 1. The number of rotatable bonds is 3. The van der Waals surface area contributed by atoms with Gasteiger partial charge in [0.2, 0.25) is 0 Å². The van der Waals surface area contributed by atoms with Crippen molar-refractivity contribution in [1.82, 2.24) is 0 Å². The highest BCUT2D eigenvalue weighted by atomic mass is 19.1. The van der Waals surface area contributed by atoms with Crippen molar-refractivity contribution < 1.29 is 23.8 Å². The Morgan fingerprint density at radius 3 is 3.06 bits per heavy atom. The normalized spacial score (nSPS) is 18.9. The van der Waals surface area contributed by atoms with Gasteiger partial charge < -0.3 is 20.3 Å². The fourth-order valence-electron chi connectivity index (χ4n) is 2.06. The monoisotopic (exact) mass is 255 g/mol. The number of carbonyl (C=O) groups excluding carboxylic acids is 1. The lowest BCUT2D eigenvalue weighted by Crippen LogP contribution is -2.34. The number of nitrogens with two attached hydrogens (primary N) is 1. The molecule has 1 aromatic carbocycles. The lowest BCUT2D eigenvalue weighted by Gasteiger charge is -2.18. The van der Waals surface area contributed by atoms with E-state index in [-0.39, 0.29) is 6.61 Å². The molecule has 2 atom stereocenters. The molecule has 2 rings (SSSR count). The molecule has 1 aromatic rings. The topological polar surface area (TPSA) is 81.8 Å². The predicted molar refractivity (Wildman–Crippen MR) is 60.6 cm³/mol. The Hall–Kier alpha value is -1.82. The summed E-state index contributed by atoms with van der Waals surface area (Å²) < 4.78 is 23.7. The minimum absolute atomic E-state index is 0.308. The SMILES string of the molecule is C[C@@H](OC(N)=O)C1Cc2cc(F)cc(CO)c2O1. The number of fused-ring (bicyclic) bond motifs is 1. The lowest BCUT2D eigenvalue weighted by atomic mass is 10.0. The van der Waals surface area contributed by atoms with Crippen molar-refractivity contribution in [2.24, 2.45) is 5.73 Å². The quantitative estimate of drug-likeness (QED) is 0.847. The van der Waals surface area contributed by atoms with Crippen molar-refractivity contribution in [2.75, 3.05) is 0 Å². The molecule has 0 saturated heterocycles. The van der Waals surface area contributed by atoms with E-state index in [0.29, 0.717) is 23.3 Å². The summed E-state index contributed by atoms with van der Waals surface area (Å²) in [6.45, 7) is 1.34. The van der Waals surface area contributed by atoms with E-state index in [9.17, 15) is 9.18 Å². The van der Waals surface area contributed by atoms with Crippen molar-refractivity contribution in [3.63, 3.8) is 0 Å². The molecule has 5 nitrogen and oxygen atoms in total. The first-order valence-corrected chi connectivity index (χ1v) is 5.56. The van der Waals surface area contributed by atoms with Gasteiger partial charge in [-0.25, -0.2) is 9.18 Å². The van der Waals surface area contributed by atoms with Gasteiger partial charge in [-0.15, -0.1) is 0 Å². The fraction of sp³-hybridized carbons (Fsp3) is 0.417. The molecule has 1 unspecified atom stereocenters. The molecule has 18 heavy (non-hydrogen) atoms. The predicted octanol–water partition coefficient (Wildman–Crippen LogP) is 1.11. The molecule has 0 bridgehead atoms. The lowest BCUT2D eigenvalue weighted by molar-refractivity contribution is 0.0406. The van der Waals surface area contributed by atoms with Crippen LogP contribution in [0.2, 0.25) is 0 Å². The molecule has 6 heteroatoms. The summed E-state index contributed by atoms with van der Waals surface area (Å²) in [6.07, 6.45) is -1.42. The number of ether oxygens (including phenoxy) is 2. The molecule has 1 aliphatic heterocycles.